The number of aliphatic carboxylic acids is 1. The maximum Gasteiger partial charge on any atom is 0.303 e. The van der Waals surface area contributed by atoms with Crippen molar-refractivity contribution in [3.8, 4) is 0 Å². The summed E-state index contributed by atoms with van der Waals surface area (Å²) in [6, 6.07) is 0. The van der Waals surface area contributed by atoms with Crippen LogP contribution in [0.3, 0.4) is 0 Å². The summed E-state index contributed by atoms with van der Waals surface area (Å²) in [4.78, 5) is 22.5. The van der Waals surface area contributed by atoms with E-state index in [-0.39, 0.29) is 23.7 Å². The summed E-state index contributed by atoms with van der Waals surface area (Å²) in [6.45, 7) is 2.73. The molecule has 0 heterocycles. The maximum atomic E-state index is 11.7. The van der Waals surface area contributed by atoms with Gasteiger partial charge in [0.1, 0.15) is 0 Å². The third kappa shape index (κ3) is 3.70. The van der Waals surface area contributed by atoms with E-state index in [0.717, 1.165) is 19.3 Å². The van der Waals surface area contributed by atoms with Crippen molar-refractivity contribution in [3.63, 3.8) is 0 Å². The van der Waals surface area contributed by atoms with Crippen molar-refractivity contribution in [1.29, 1.82) is 0 Å². The normalized spacial score (nSPS) is 19.2. The second kappa shape index (κ2) is 6.00. The molecule has 17 heavy (non-hydrogen) atoms. The Labute approximate surface area is 102 Å². The van der Waals surface area contributed by atoms with Crippen LogP contribution in [0.2, 0.25) is 0 Å². The monoisotopic (exact) mass is 242 g/mol. The molecule has 5 heteroatoms. The minimum atomic E-state index is -0.787. The van der Waals surface area contributed by atoms with Crippen molar-refractivity contribution >= 4 is 11.9 Å². The Morgan fingerprint density at radius 3 is 2.47 bits per heavy atom. The van der Waals surface area contributed by atoms with Crippen molar-refractivity contribution in [2.45, 2.75) is 39.0 Å². The summed E-state index contributed by atoms with van der Waals surface area (Å²) in [5.74, 6) is -0.992. The molecule has 5 nitrogen and oxygen atoms in total. The second-order valence-corrected chi connectivity index (χ2v) is 4.98. The number of amides is 1. The Morgan fingerprint density at radius 1 is 1.47 bits per heavy atom. The van der Waals surface area contributed by atoms with E-state index in [1.807, 2.05) is 6.92 Å². The fourth-order valence-electron chi connectivity index (χ4n) is 2.29. The summed E-state index contributed by atoms with van der Waals surface area (Å²) in [5, 5.41) is 11.7. The third-order valence-corrected chi connectivity index (χ3v) is 3.73. The van der Waals surface area contributed by atoms with Crippen molar-refractivity contribution in [3.05, 3.63) is 0 Å². The zero-order chi connectivity index (χ0) is 12.9. The maximum absolute atomic E-state index is 11.7. The fourth-order valence-corrected chi connectivity index (χ4v) is 2.29. The van der Waals surface area contributed by atoms with Crippen LogP contribution >= 0.6 is 0 Å². The number of rotatable bonds is 7. The zero-order valence-corrected chi connectivity index (χ0v) is 10.4. The molecular weight excluding hydrogens is 220 g/mol. The molecule has 0 spiro atoms. The largest absolute Gasteiger partial charge is 0.481 e. The number of carbonyl (C=O) groups excluding carboxylic acids is 1. The number of hydrogen-bond donors (Lipinski definition) is 3. The van der Waals surface area contributed by atoms with Crippen LogP contribution in [0.4, 0.5) is 0 Å². The van der Waals surface area contributed by atoms with Crippen LogP contribution in [0.1, 0.15) is 39.0 Å². The number of hydrogen-bond acceptors (Lipinski definition) is 3. The van der Waals surface area contributed by atoms with Gasteiger partial charge in [0.05, 0.1) is 6.42 Å². The standard InChI is InChI=1S/C12H22N2O3/c1-2-9(7-13)11(17)14-8-12(4-3-5-12)6-10(15)16/h9H,2-8,13H2,1H3,(H,14,17)(H,15,16). The van der Waals surface area contributed by atoms with Gasteiger partial charge in [-0.1, -0.05) is 13.3 Å². The average molecular weight is 242 g/mol. The molecule has 1 saturated carbocycles. The molecule has 0 aliphatic heterocycles. The van der Waals surface area contributed by atoms with Gasteiger partial charge < -0.3 is 16.2 Å². The topological polar surface area (TPSA) is 92.4 Å². The Balaban J connectivity index is 2.42. The third-order valence-electron chi connectivity index (χ3n) is 3.73. The van der Waals surface area contributed by atoms with E-state index < -0.39 is 5.97 Å². The number of carboxylic acids is 1. The molecule has 98 valence electrons. The van der Waals surface area contributed by atoms with E-state index in [1.54, 1.807) is 0 Å². The van der Waals surface area contributed by atoms with Gasteiger partial charge in [0.2, 0.25) is 5.91 Å². The van der Waals surface area contributed by atoms with Crippen LogP contribution < -0.4 is 11.1 Å². The van der Waals surface area contributed by atoms with Gasteiger partial charge >= 0.3 is 5.97 Å². The van der Waals surface area contributed by atoms with Gasteiger partial charge in [0.15, 0.2) is 0 Å². The van der Waals surface area contributed by atoms with E-state index in [4.69, 9.17) is 10.8 Å². The Bertz CT molecular complexity index is 283. The highest BCUT2D eigenvalue weighted by Gasteiger charge is 2.39. The molecular formula is C12H22N2O3. The average Bonchev–Trinajstić information content (AvgIpc) is 2.23. The van der Waals surface area contributed by atoms with Gasteiger partial charge in [-0.05, 0) is 24.7 Å². The lowest BCUT2D eigenvalue weighted by Gasteiger charge is -2.41. The highest BCUT2D eigenvalue weighted by Crippen LogP contribution is 2.43. The molecule has 1 aliphatic carbocycles. The van der Waals surface area contributed by atoms with E-state index in [1.165, 1.54) is 0 Å². The molecule has 1 rings (SSSR count). The summed E-state index contributed by atoms with van der Waals surface area (Å²) in [6.07, 6.45) is 3.69. The van der Waals surface area contributed by atoms with E-state index in [2.05, 4.69) is 5.32 Å². The van der Waals surface area contributed by atoms with Crippen LogP contribution in [0, 0.1) is 11.3 Å². The summed E-state index contributed by atoms with van der Waals surface area (Å²) < 4.78 is 0. The first-order valence-electron chi connectivity index (χ1n) is 6.22. The van der Waals surface area contributed by atoms with Gasteiger partial charge in [-0.3, -0.25) is 9.59 Å². The molecule has 0 aromatic heterocycles. The molecule has 1 atom stereocenters. The molecule has 1 aliphatic rings. The van der Waals surface area contributed by atoms with Gasteiger partial charge in [-0.15, -0.1) is 0 Å². The van der Waals surface area contributed by atoms with Gasteiger partial charge in [0, 0.05) is 19.0 Å². The molecule has 0 radical (unpaired) electrons. The van der Waals surface area contributed by atoms with Crippen LogP contribution in [0.5, 0.6) is 0 Å². The van der Waals surface area contributed by atoms with Crippen molar-refractivity contribution in [1.82, 2.24) is 5.32 Å². The van der Waals surface area contributed by atoms with Crippen molar-refractivity contribution in [2.24, 2.45) is 17.1 Å². The quantitative estimate of drug-likeness (QED) is 0.613. The van der Waals surface area contributed by atoms with Crippen LogP contribution in [0.25, 0.3) is 0 Å². The van der Waals surface area contributed by atoms with Gasteiger partial charge in [0.25, 0.3) is 0 Å². The fraction of sp³-hybridized carbons (Fsp3) is 0.833. The lowest BCUT2D eigenvalue weighted by molar-refractivity contribution is -0.142. The minimum absolute atomic E-state index is 0.0494. The predicted molar refractivity (Wildman–Crippen MR) is 64.4 cm³/mol. The first-order valence-corrected chi connectivity index (χ1v) is 6.22. The Kier molecular flexibility index (Phi) is 4.93. The molecule has 1 amide bonds. The highest BCUT2D eigenvalue weighted by atomic mass is 16.4. The first kappa shape index (κ1) is 14.0. The van der Waals surface area contributed by atoms with Crippen molar-refractivity contribution in [2.75, 3.05) is 13.1 Å². The molecule has 1 fully saturated rings. The molecule has 4 N–H and O–H groups in total. The lowest BCUT2D eigenvalue weighted by atomic mass is 9.66. The SMILES string of the molecule is CCC(CN)C(=O)NCC1(CC(=O)O)CCC1. The zero-order valence-electron chi connectivity index (χ0n) is 10.4. The summed E-state index contributed by atoms with van der Waals surface area (Å²) in [5.41, 5.74) is 5.28. The summed E-state index contributed by atoms with van der Waals surface area (Å²) >= 11 is 0. The molecule has 0 bridgehead atoms. The van der Waals surface area contributed by atoms with E-state index in [0.29, 0.717) is 19.5 Å². The van der Waals surface area contributed by atoms with Gasteiger partial charge in [-0.25, -0.2) is 0 Å². The minimum Gasteiger partial charge on any atom is -0.481 e. The highest BCUT2D eigenvalue weighted by molar-refractivity contribution is 5.79. The number of nitrogens with one attached hydrogen (secondary N) is 1. The van der Waals surface area contributed by atoms with Crippen molar-refractivity contribution < 1.29 is 14.7 Å². The Morgan fingerprint density at radius 2 is 2.12 bits per heavy atom. The second-order valence-electron chi connectivity index (χ2n) is 4.98. The smallest absolute Gasteiger partial charge is 0.303 e. The molecule has 1 unspecified atom stereocenters. The van der Waals surface area contributed by atoms with E-state index >= 15 is 0 Å². The number of carbonyl (C=O) groups is 2. The number of nitrogens with two attached hydrogens (primary N) is 1. The molecule has 0 saturated heterocycles. The first-order chi connectivity index (χ1) is 8.03. The molecule has 0 aromatic carbocycles. The lowest BCUT2D eigenvalue weighted by Crippen LogP contribution is -2.46. The van der Waals surface area contributed by atoms with Crippen LogP contribution in [0.15, 0.2) is 0 Å². The van der Waals surface area contributed by atoms with Gasteiger partial charge in [-0.2, -0.15) is 0 Å². The predicted octanol–water partition coefficient (Wildman–Crippen LogP) is 0.733. The summed E-state index contributed by atoms with van der Waals surface area (Å²) in [7, 11) is 0. The van der Waals surface area contributed by atoms with E-state index in [9.17, 15) is 9.59 Å². The Hall–Kier alpha value is -1.10. The number of carboxylic acid groups (broad SMARTS) is 1. The molecule has 0 aromatic rings. The van der Waals surface area contributed by atoms with Crippen LogP contribution in [-0.4, -0.2) is 30.1 Å². The van der Waals surface area contributed by atoms with Crippen LogP contribution in [-0.2, 0) is 9.59 Å².